The predicted octanol–water partition coefficient (Wildman–Crippen LogP) is 6.09. The highest BCUT2D eigenvalue weighted by Gasteiger charge is 2.13. The third-order valence-electron chi connectivity index (χ3n) is 3.79. The Morgan fingerprint density at radius 2 is 2.04 bits per heavy atom. The molecule has 0 aliphatic rings. The molecule has 2 aromatic carbocycles. The molecule has 3 rings (SSSR count). The van der Waals surface area contributed by atoms with E-state index in [0.717, 1.165) is 49.3 Å². The van der Waals surface area contributed by atoms with E-state index in [-0.39, 0.29) is 5.91 Å². The summed E-state index contributed by atoms with van der Waals surface area (Å²) in [7, 11) is 0. The van der Waals surface area contributed by atoms with Gasteiger partial charge in [0, 0.05) is 15.6 Å². The summed E-state index contributed by atoms with van der Waals surface area (Å²) in [5.41, 5.74) is 2.83. The van der Waals surface area contributed by atoms with Gasteiger partial charge in [0.2, 0.25) is 5.91 Å². The van der Waals surface area contributed by atoms with Gasteiger partial charge in [-0.2, -0.15) is 0 Å². The average Bonchev–Trinajstić information content (AvgIpc) is 3.00. The van der Waals surface area contributed by atoms with Gasteiger partial charge in [-0.05, 0) is 59.3 Å². The number of anilines is 1. The molecule has 0 spiro atoms. The molecular weight excluding hydrogens is 431 g/mol. The molecule has 1 amide bonds. The summed E-state index contributed by atoms with van der Waals surface area (Å²) in [6.45, 7) is 2.14. The van der Waals surface area contributed by atoms with E-state index in [4.69, 9.17) is 4.98 Å². The largest absolute Gasteiger partial charge is 0.325 e. The van der Waals surface area contributed by atoms with Crippen molar-refractivity contribution in [2.45, 2.75) is 32.6 Å². The van der Waals surface area contributed by atoms with Gasteiger partial charge in [-0.3, -0.25) is 4.79 Å². The second-order valence-electron chi connectivity index (χ2n) is 5.68. The highest BCUT2D eigenvalue weighted by Crippen LogP contribution is 2.35. The van der Waals surface area contributed by atoms with Crippen LogP contribution in [0.1, 0.15) is 32.6 Å². The number of hydrogen-bond donors (Lipinski definition) is 1. The number of thiazole rings is 1. The first-order valence-electron chi connectivity index (χ1n) is 8.12. The third-order valence-corrected chi connectivity index (χ3v) is 5.53. The van der Waals surface area contributed by atoms with E-state index in [1.54, 1.807) is 11.3 Å². The maximum atomic E-state index is 12.2. The first kappa shape index (κ1) is 17.4. The summed E-state index contributed by atoms with van der Waals surface area (Å²) in [5, 5.41) is 4.01. The summed E-state index contributed by atoms with van der Waals surface area (Å²) >= 11 is 3.95. The van der Waals surface area contributed by atoms with Crippen LogP contribution in [0.15, 0.2) is 42.5 Å². The molecule has 1 heterocycles. The Bertz CT molecular complexity index is 826. The Morgan fingerprint density at radius 1 is 1.21 bits per heavy atom. The molecule has 3 nitrogen and oxygen atoms in total. The van der Waals surface area contributed by atoms with Crippen molar-refractivity contribution in [1.29, 1.82) is 0 Å². The minimum atomic E-state index is 0.0759. The van der Waals surface area contributed by atoms with Crippen molar-refractivity contribution >= 4 is 55.7 Å². The maximum absolute atomic E-state index is 12.2. The molecule has 0 aliphatic heterocycles. The molecule has 24 heavy (non-hydrogen) atoms. The van der Waals surface area contributed by atoms with Crippen LogP contribution in [0.25, 0.3) is 20.8 Å². The first-order chi connectivity index (χ1) is 11.7. The number of para-hydroxylation sites is 1. The highest BCUT2D eigenvalue weighted by atomic mass is 127. The number of carbonyl (C=O) groups is 1. The van der Waals surface area contributed by atoms with Crippen LogP contribution in [-0.4, -0.2) is 10.9 Å². The lowest BCUT2D eigenvalue weighted by atomic mass is 10.1. The molecule has 0 saturated heterocycles. The number of fused-ring (bicyclic) bond motifs is 1. The van der Waals surface area contributed by atoms with Crippen molar-refractivity contribution in [3.63, 3.8) is 0 Å². The number of rotatable bonds is 6. The Labute approximate surface area is 159 Å². The van der Waals surface area contributed by atoms with Crippen molar-refractivity contribution in [2.75, 3.05) is 5.32 Å². The van der Waals surface area contributed by atoms with Crippen LogP contribution in [0.2, 0.25) is 0 Å². The van der Waals surface area contributed by atoms with Crippen LogP contribution >= 0.6 is 33.9 Å². The molecule has 0 bridgehead atoms. The molecule has 3 aromatic rings. The van der Waals surface area contributed by atoms with E-state index in [9.17, 15) is 4.79 Å². The lowest BCUT2D eigenvalue weighted by Gasteiger charge is -2.10. The fraction of sp³-hybridized carbons (Fsp3) is 0.263. The predicted molar refractivity (Wildman–Crippen MR) is 111 cm³/mol. The zero-order valence-electron chi connectivity index (χ0n) is 13.5. The topological polar surface area (TPSA) is 42.0 Å². The molecule has 0 fully saturated rings. The van der Waals surface area contributed by atoms with E-state index in [0.29, 0.717) is 6.42 Å². The monoisotopic (exact) mass is 450 g/mol. The van der Waals surface area contributed by atoms with Crippen LogP contribution in [0.3, 0.4) is 0 Å². The minimum absolute atomic E-state index is 0.0759. The van der Waals surface area contributed by atoms with Crippen molar-refractivity contribution in [2.24, 2.45) is 0 Å². The van der Waals surface area contributed by atoms with E-state index in [1.807, 2.05) is 30.3 Å². The standard InChI is InChI=1S/C19H19IN2OS/c1-2-3-4-9-18(23)21-15-11-10-13(20)12-14(15)19-22-16-7-5-6-8-17(16)24-19/h5-8,10-12H,2-4,9H2,1H3,(H,21,23). The van der Waals surface area contributed by atoms with Gasteiger partial charge in [-0.1, -0.05) is 31.9 Å². The average molecular weight is 450 g/mol. The summed E-state index contributed by atoms with van der Waals surface area (Å²) in [5.74, 6) is 0.0759. The summed E-state index contributed by atoms with van der Waals surface area (Å²) in [6, 6.07) is 14.2. The first-order valence-corrected chi connectivity index (χ1v) is 10.0. The van der Waals surface area contributed by atoms with Crippen LogP contribution in [0.5, 0.6) is 0 Å². The normalized spacial score (nSPS) is 10.9. The number of nitrogens with one attached hydrogen (secondary N) is 1. The lowest BCUT2D eigenvalue weighted by Crippen LogP contribution is -2.12. The highest BCUT2D eigenvalue weighted by molar-refractivity contribution is 14.1. The minimum Gasteiger partial charge on any atom is -0.325 e. The molecule has 1 N–H and O–H groups in total. The van der Waals surface area contributed by atoms with Gasteiger partial charge in [0.1, 0.15) is 5.01 Å². The van der Waals surface area contributed by atoms with Crippen molar-refractivity contribution in [1.82, 2.24) is 4.98 Å². The number of amides is 1. The van der Waals surface area contributed by atoms with Gasteiger partial charge >= 0.3 is 0 Å². The van der Waals surface area contributed by atoms with E-state index >= 15 is 0 Å². The van der Waals surface area contributed by atoms with Gasteiger partial charge in [-0.25, -0.2) is 4.98 Å². The van der Waals surface area contributed by atoms with Crippen LogP contribution in [0.4, 0.5) is 5.69 Å². The summed E-state index contributed by atoms with van der Waals surface area (Å²) in [4.78, 5) is 16.9. The third kappa shape index (κ3) is 4.13. The number of unbranched alkanes of at least 4 members (excludes halogenated alkanes) is 2. The molecule has 0 aliphatic carbocycles. The van der Waals surface area contributed by atoms with Gasteiger partial charge < -0.3 is 5.32 Å². The molecule has 0 saturated carbocycles. The van der Waals surface area contributed by atoms with Crippen molar-refractivity contribution in [3.8, 4) is 10.6 Å². The zero-order chi connectivity index (χ0) is 16.9. The van der Waals surface area contributed by atoms with E-state index in [1.165, 1.54) is 0 Å². The number of nitrogens with zero attached hydrogens (tertiary/aromatic N) is 1. The van der Waals surface area contributed by atoms with Gasteiger partial charge in [-0.15, -0.1) is 11.3 Å². The van der Waals surface area contributed by atoms with Crippen LogP contribution in [0, 0.1) is 3.57 Å². The van der Waals surface area contributed by atoms with Crippen molar-refractivity contribution < 1.29 is 4.79 Å². The SMILES string of the molecule is CCCCCC(=O)Nc1ccc(I)cc1-c1nc2ccccc2s1. The number of hydrogen-bond acceptors (Lipinski definition) is 3. The quantitative estimate of drug-likeness (QED) is 0.365. The Morgan fingerprint density at radius 3 is 2.83 bits per heavy atom. The fourth-order valence-corrected chi connectivity index (χ4v) is 4.03. The Balaban J connectivity index is 1.89. The van der Waals surface area contributed by atoms with Crippen LogP contribution < -0.4 is 5.32 Å². The molecule has 5 heteroatoms. The molecule has 0 unspecified atom stereocenters. The second kappa shape index (κ2) is 8.07. The van der Waals surface area contributed by atoms with Crippen LogP contribution in [-0.2, 0) is 4.79 Å². The Hall–Kier alpha value is -1.47. The van der Waals surface area contributed by atoms with Gasteiger partial charge in [0.25, 0.3) is 0 Å². The number of aromatic nitrogens is 1. The molecule has 124 valence electrons. The molecular formula is C19H19IN2OS. The van der Waals surface area contributed by atoms with Crippen molar-refractivity contribution in [3.05, 3.63) is 46.0 Å². The molecule has 0 atom stereocenters. The number of benzene rings is 2. The molecule has 0 radical (unpaired) electrons. The summed E-state index contributed by atoms with van der Waals surface area (Å²) < 4.78 is 2.29. The number of halogens is 1. The summed E-state index contributed by atoms with van der Waals surface area (Å²) in [6.07, 6.45) is 3.71. The molecule has 1 aromatic heterocycles. The fourth-order valence-electron chi connectivity index (χ4n) is 2.54. The Kier molecular flexibility index (Phi) is 5.84. The van der Waals surface area contributed by atoms with E-state index in [2.05, 4.69) is 47.0 Å². The van der Waals surface area contributed by atoms with E-state index < -0.39 is 0 Å². The number of carbonyl (C=O) groups excluding carboxylic acids is 1. The second-order valence-corrected chi connectivity index (χ2v) is 7.96. The smallest absolute Gasteiger partial charge is 0.224 e. The maximum Gasteiger partial charge on any atom is 0.224 e. The van der Waals surface area contributed by atoms with Gasteiger partial charge in [0.05, 0.1) is 15.9 Å². The lowest BCUT2D eigenvalue weighted by molar-refractivity contribution is -0.116. The zero-order valence-corrected chi connectivity index (χ0v) is 16.5. The van der Waals surface area contributed by atoms with Gasteiger partial charge in [0.15, 0.2) is 0 Å².